The molecule has 0 unspecified atom stereocenters. The summed E-state index contributed by atoms with van der Waals surface area (Å²) in [5.41, 5.74) is 3.45. The van der Waals surface area contributed by atoms with Crippen LogP contribution in [0.25, 0.3) is 28.1 Å². The number of methoxy groups -OCH3 is 2. The summed E-state index contributed by atoms with van der Waals surface area (Å²) in [5, 5.41) is 11.2. The molecule has 0 spiro atoms. The Morgan fingerprint density at radius 3 is 2.26 bits per heavy atom. The van der Waals surface area contributed by atoms with Crippen LogP contribution >= 0.6 is 34.8 Å². The minimum Gasteiger partial charge on any atom is -0.493 e. The number of imidazole rings is 2. The molecule has 4 aromatic rings. The van der Waals surface area contributed by atoms with E-state index in [2.05, 4.69) is 23.3 Å². The van der Waals surface area contributed by atoms with Crippen LogP contribution < -0.4 is 9.47 Å². The summed E-state index contributed by atoms with van der Waals surface area (Å²) in [6.45, 7) is 7.76. The number of likely N-dealkylation sites (N-methyl/N-ethyl adjacent to an activating group) is 1. The van der Waals surface area contributed by atoms with E-state index in [0.29, 0.717) is 40.8 Å². The molecule has 2 aromatic carbocycles. The van der Waals surface area contributed by atoms with Crippen LogP contribution in [0.2, 0.25) is 0 Å². The summed E-state index contributed by atoms with van der Waals surface area (Å²) in [5.74, 6) is 1.77. The Balaban J connectivity index is 2.01. The van der Waals surface area contributed by atoms with E-state index in [0.717, 1.165) is 30.7 Å². The van der Waals surface area contributed by atoms with Gasteiger partial charge in [-0.05, 0) is 43.4 Å². The first-order valence-corrected chi connectivity index (χ1v) is 12.6. The Kier molecular flexibility index (Phi) is 7.74. The normalized spacial score (nSPS) is 13.2. The van der Waals surface area contributed by atoms with Crippen molar-refractivity contribution < 1.29 is 14.6 Å². The van der Waals surface area contributed by atoms with Gasteiger partial charge in [-0.1, -0.05) is 60.8 Å². The van der Waals surface area contributed by atoms with Gasteiger partial charge in [0.2, 0.25) is 9.57 Å². The van der Waals surface area contributed by atoms with Gasteiger partial charge in [0, 0.05) is 18.7 Å². The molecule has 10 heteroatoms. The molecule has 2 heterocycles. The standard InChI is InChI=1S/C25H29Cl3N4O3/c1-5-30(6-2)13-14-31-17-9-7-8-10-18(17)32-22(23(33)25(26,27)28)21(29-24(31)32)16-11-12-19(34-3)20(15-16)35-4/h7-12,15,23,33H,5-6,13-14H2,1-4H3/t23-/m0/s1. The van der Waals surface area contributed by atoms with Gasteiger partial charge in [0.25, 0.3) is 0 Å². The number of benzene rings is 2. The number of nitrogens with zero attached hydrogens (tertiary/aromatic N) is 4. The Bertz CT molecular complexity index is 1330. The molecule has 0 radical (unpaired) electrons. The molecule has 0 fully saturated rings. The van der Waals surface area contributed by atoms with Crippen molar-refractivity contribution in [2.45, 2.75) is 30.3 Å². The van der Waals surface area contributed by atoms with Gasteiger partial charge in [-0.3, -0.25) is 4.40 Å². The van der Waals surface area contributed by atoms with Crippen LogP contribution in [0.1, 0.15) is 25.6 Å². The number of ether oxygens (including phenoxy) is 2. The predicted octanol–water partition coefficient (Wildman–Crippen LogP) is 5.72. The van der Waals surface area contributed by atoms with Crippen molar-refractivity contribution in [3.05, 3.63) is 48.2 Å². The Morgan fingerprint density at radius 1 is 1.00 bits per heavy atom. The fraction of sp³-hybridized carbons (Fsp3) is 0.400. The fourth-order valence-electron chi connectivity index (χ4n) is 4.43. The number of aliphatic hydroxyl groups excluding tert-OH is 1. The third-order valence-corrected chi connectivity index (χ3v) is 6.93. The molecule has 7 nitrogen and oxygen atoms in total. The van der Waals surface area contributed by atoms with E-state index in [1.165, 1.54) is 0 Å². The second-order valence-corrected chi connectivity index (χ2v) is 10.5. The van der Waals surface area contributed by atoms with Gasteiger partial charge in [-0.25, -0.2) is 4.98 Å². The molecule has 35 heavy (non-hydrogen) atoms. The lowest BCUT2D eigenvalue weighted by molar-refractivity contribution is 0.177. The zero-order valence-corrected chi connectivity index (χ0v) is 22.4. The quantitative estimate of drug-likeness (QED) is 0.276. The Morgan fingerprint density at radius 2 is 1.66 bits per heavy atom. The predicted molar refractivity (Wildman–Crippen MR) is 142 cm³/mol. The number of halogens is 3. The number of aromatic nitrogens is 3. The van der Waals surface area contributed by atoms with Crippen LogP contribution in [0.4, 0.5) is 0 Å². The Hall–Kier alpha value is -2.16. The van der Waals surface area contributed by atoms with E-state index in [4.69, 9.17) is 49.3 Å². The Labute approximate surface area is 219 Å². The first-order valence-electron chi connectivity index (χ1n) is 11.4. The molecular weight excluding hydrogens is 511 g/mol. The van der Waals surface area contributed by atoms with Gasteiger partial charge in [0.15, 0.2) is 11.5 Å². The molecule has 0 aliphatic carbocycles. The summed E-state index contributed by atoms with van der Waals surface area (Å²) >= 11 is 18.7. The third-order valence-electron chi connectivity index (χ3n) is 6.31. The van der Waals surface area contributed by atoms with Crippen LogP contribution in [0.15, 0.2) is 42.5 Å². The number of alkyl halides is 3. The molecule has 188 valence electrons. The van der Waals surface area contributed by atoms with Crippen LogP contribution in [0.5, 0.6) is 11.5 Å². The molecule has 0 aliphatic heterocycles. The summed E-state index contributed by atoms with van der Waals surface area (Å²) < 4.78 is 12.9. The number of para-hydroxylation sites is 2. The molecule has 1 atom stereocenters. The number of rotatable bonds is 9. The molecule has 2 aromatic heterocycles. The summed E-state index contributed by atoms with van der Waals surface area (Å²) in [6, 6.07) is 13.4. The summed E-state index contributed by atoms with van der Waals surface area (Å²) in [6.07, 6.45) is -1.44. The molecule has 0 aliphatic rings. The second-order valence-electron chi connectivity index (χ2n) is 8.16. The van der Waals surface area contributed by atoms with Gasteiger partial charge < -0.3 is 24.0 Å². The number of hydrogen-bond acceptors (Lipinski definition) is 5. The maximum atomic E-state index is 11.2. The molecule has 0 bridgehead atoms. The number of fused-ring (bicyclic) bond motifs is 3. The van der Waals surface area contributed by atoms with Gasteiger partial charge in [0.05, 0.1) is 36.6 Å². The van der Waals surface area contributed by atoms with E-state index < -0.39 is 9.90 Å². The zero-order chi connectivity index (χ0) is 25.3. The molecule has 1 N–H and O–H groups in total. The van der Waals surface area contributed by atoms with Gasteiger partial charge in [-0.15, -0.1) is 0 Å². The fourth-order valence-corrected chi connectivity index (χ4v) is 4.74. The first-order chi connectivity index (χ1) is 16.7. The van der Waals surface area contributed by atoms with Crippen molar-refractivity contribution in [3.63, 3.8) is 0 Å². The molecule has 0 saturated carbocycles. The minimum atomic E-state index is -1.97. The van der Waals surface area contributed by atoms with Crippen LogP contribution in [0, 0.1) is 0 Å². The first kappa shape index (κ1) is 25.9. The van der Waals surface area contributed by atoms with Crippen molar-refractivity contribution in [1.82, 2.24) is 18.9 Å². The maximum absolute atomic E-state index is 11.2. The van der Waals surface area contributed by atoms with Crippen molar-refractivity contribution >= 4 is 51.6 Å². The largest absolute Gasteiger partial charge is 0.493 e. The topological polar surface area (TPSA) is 64.2 Å². The van der Waals surface area contributed by atoms with E-state index in [1.807, 2.05) is 34.7 Å². The highest BCUT2D eigenvalue weighted by atomic mass is 35.6. The number of hydrogen-bond donors (Lipinski definition) is 1. The van der Waals surface area contributed by atoms with Crippen LogP contribution in [-0.2, 0) is 6.54 Å². The monoisotopic (exact) mass is 538 g/mol. The van der Waals surface area contributed by atoms with E-state index in [9.17, 15) is 5.11 Å². The van der Waals surface area contributed by atoms with E-state index in [-0.39, 0.29) is 0 Å². The SMILES string of the molecule is CCN(CC)CCn1c2ccccc2n2c([C@H](O)C(Cl)(Cl)Cl)c(-c3ccc(OC)c(OC)c3)nc12. The van der Waals surface area contributed by atoms with Gasteiger partial charge >= 0.3 is 0 Å². The average molecular weight is 540 g/mol. The van der Waals surface area contributed by atoms with Gasteiger partial charge in [-0.2, -0.15) is 0 Å². The molecule has 4 rings (SSSR count). The highest BCUT2D eigenvalue weighted by molar-refractivity contribution is 6.68. The highest BCUT2D eigenvalue weighted by Crippen LogP contribution is 2.45. The summed E-state index contributed by atoms with van der Waals surface area (Å²) in [7, 11) is 3.14. The van der Waals surface area contributed by atoms with E-state index in [1.54, 1.807) is 26.4 Å². The van der Waals surface area contributed by atoms with Crippen molar-refractivity contribution in [2.24, 2.45) is 0 Å². The molecule has 0 amide bonds. The van der Waals surface area contributed by atoms with Crippen molar-refractivity contribution in [2.75, 3.05) is 33.9 Å². The van der Waals surface area contributed by atoms with Crippen LogP contribution in [-0.4, -0.2) is 61.6 Å². The zero-order valence-electron chi connectivity index (χ0n) is 20.1. The minimum absolute atomic E-state index is 0.394. The third kappa shape index (κ3) is 4.80. The van der Waals surface area contributed by atoms with Gasteiger partial charge in [0.1, 0.15) is 6.10 Å². The lowest BCUT2D eigenvalue weighted by Crippen LogP contribution is -2.27. The second kappa shape index (κ2) is 10.4. The molecule has 0 saturated heterocycles. The van der Waals surface area contributed by atoms with Crippen molar-refractivity contribution in [3.8, 4) is 22.8 Å². The van der Waals surface area contributed by atoms with Crippen molar-refractivity contribution in [1.29, 1.82) is 0 Å². The van der Waals surface area contributed by atoms with Crippen LogP contribution in [0.3, 0.4) is 0 Å². The number of aliphatic hydroxyl groups is 1. The average Bonchev–Trinajstić information content (AvgIpc) is 3.38. The summed E-state index contributed by atoms with van der Waals surface area (Å²) in [4.78, 5) is 7.34. The highest BCUT2D eigenvalue weighted by Gasteiger charge is 2.38. The van der Waals surface area contributed by atoms with E-state index >= 15 is 0 Å². The maximum Gasteiger partial charge on any atom is 0.221 e. The smallest absolute Gasteiger partial charge is 0.221 e. The lowest BCUT2D eigenvalue weighted by Gasteiger charge is -2.20. The lowest BCUT2D eigenvalue weighted by atomic mass is 10.1. The molecular formula is C25H29Cl3N4O3.